The van der Waals surface area contributed by atoms with E-state index in [1.165, 1.54) is 19.0 Å². The van der Waals surface area contributed by atoms with Gasteiger partial charge in [0, 0.05) is 6.54 Å². The minimum atomic E-state index is -0.131. The fourth-order valence-corrected chi connectivity index (χ4v) is 2.16. The van der Waals surface area contributed by atoms with E-state index in [1.807, 2.05) is 24.3 Å². The lowest BCUT2D eigenvalue weighted by Gasteiger charge is -2.19. The smallest absolute Gasteiger partial charge is 0.274 e. The number of hydrogen-bond donors (Lipinski definition) is 0. The van der Waals surface area contributed by atoms with Gasteiger partial charge in [0.2, 0.25) is 0 Å². The molecule has 1 aromatic heterocycles. The van der Waals surface area contributed by atoms with Crippen LogP contribution in [0.4, 0.5) is 0 Å². The highest BCUT2D eigenvalue weighted by molar-refractivity contribution is 5.94. The second kappa shape index (κ2) is 5.30. The largest absolute Gasteiger partial charge is 0.326 e. The third-order valence-electron chi connectivity index (χ3n) is 3.41. The predicted octanol–water partition coefficient (Wildman–Crippen LogP) is 2.12. The van der Waals surface area contributed by atoms with Crippen LogP contribution in [0.2, 0.25) is 0 Å². The van der Waals surface area contributed by atoms with E-state index in [1.54, 1.807) is 4.90 Å². The zero-order chi connectivity index (χ0) is 13.9. The van der Waals surface area contributed by atoms with Gasteiger partial charge in [-0.1, -0.05) is 18.1 Å². The monoisotopic (exact) mass is 265 g/mol. The molecule has 1 heterocycles. The number of carbonyl (C=O) groups is 1. The van der Waals surface area contributed by atoms with Crippen LogP contribution in [-0.4, -0.2) is 33.9 Å². The van der Waals surface area contributed by atoms with Gasteiger partial charge in [0.15, 0.2) is 0 Å². The molecule has 1 aliphatic rings. The number of amides is 1. The van der Waals surface area contributed by atoms with Crippen LogP contribution in [0.15, 0.2) is 30.5 Å². The molecule has 0 unspecified atom stereocenters. The number of hydrogen-bond acceptors (Lipinski definition) is 3. The van der Waals surface area contributed by atoms with Gasteiger partial charge < -0.3 is 4.90 Å². The van der Waals surface area contributed by atoms with Crippen molar-refractivity contribution in [2.24, 2.45) is 5.92 Å². The standard InChI is InChI=1S/C16H15N3O/c1-2-9-19(11-12-7-8-12)16(20)15-10-17-13-5-3-4-6-14(13)18-15/h1,3-6,10,12H,7-9,11H2. The number of rotatable bonds is 4. The summed E-state index contributed by atoms with van der Waals surface area (Å²) < 4.78 is 0. The van der Waals surface area contributed by atoms with Crippen LogP contribution < -0.4 is 0 Å². The summed E-state index contributed by atoms with van der Waals surface area (Å²) in [4.78, 5) is 22.8. The summed E-state index contributed by atoms with van der Waals surface area (Å²) in [5, 5.41) is 0. The minimum Gasteiger partial charge on any atom is -0.326 e. The third-order valence-corrected chi connectivity index (χ3v) is 3.41. The number of nitrogens with zero attached hydrogens (tertiary/aromatic N) is 3. The van der Waals surface area contributed by atoms with Crippen LogP contribution >= 0.6 is 0 Å². The minimum absolute atomic E-state index is 0.131. The summed E-state index contributed by atoms with van der Waals surface area (Å²) in [6, 6.07) is 7.51. The SMILES string of the molecule is C#CCN(CC1CC1)C(=O)c1cnc2ccccc2n1. The molecule has 4 heteroatoms. The number of terminal acetylenes is 1. The second-order valence-corrected chi connectivity index (χ2v) is 5.08. The van der Waals surface area contributed by atoms with Gasteiger partial charge in [0.1, 0.15) is 5.69 Å². The summed E-state index contributed by atoms with van der Waals surface area (Å²) in [5.74, 6) is 3.01. The van der Waals surface area contributed by atoms with Crippen molar-refractivity contribution in [2.75, 3.05) is 13.1 Å². The Morgan fingerprint density at radius 1 is 1.35 bits per heavy atom. The first-order chi connectivity index (χ1) is 9.78. The van der Waals surface area contributed by atoms with Crippen LogP contribution in [0.3, 0.4) is 0 Å². The third kappa shape index (κ3) is 2.62. The Hall–Kier alpha value is -2.41. The Bertz CT molecular complexity index is 685. The van der Waals surface area contributed by atoms with Crippen molar-refractivity contribution in [3.63, 3.8) is 0 Å². The molecule has 0 spiro atoms. The normalized spacial score (nSPS) is 13.9. The van der Waals surface area contributed by atoms with Crippen molar-refractivity contribution in [1.29, 1.82) is 0 Å². The van der Waals surface area contributed by atoms with E-state index in [2.05, 4.69) is 15.9 Å². The van der Waals surface area contributed by atoms with Gasteiger partial charge in [-0.05, 0) is 30.9 Å². The Morgan fingerprint density at radius 3 is 2.80 bits per heavy atom. The molecule has 0 atom stereocenters. The average Bonchev–Trinajstić information content (AvgIpc) is 3.29. The van der Waals surface area contributed by atoms with Crippen molar-refractivity contribution in [1.82, 2.24) is 14.9 Å². The van der Waals surface area contributed by atoms with Crippen LogP contribution in [0.5, 0.6) is 0 Å². The van der Waals surface area contributed by atoms with Crippen molar-refractivity contribution in [3.8, 4) is 12.3 Å². The Balaban J connectivity index is 1.87. The maximum atomic E-state index is 12.5. The number of benzene rings is 1. The summed E-state index contributed by atoms with van der Waals surface area (Å²) in [6.45, 7) is 1.04. The number of fused-ring (bicyclic) bond motifs is 1. The first-order valence-electron chi connectivity index (χ1n) is 6.72. The quantitative estimate of drug-likeness (QED) is 0.795. The molecule has 2 aromatic rings. The van der Waals surface area contributed by atoms with E-state index in [0.29, 0.717) is 18.2 Å². The van der Waals surface area contributed by atoms with Gasteiger partial charge in [-0.3, -0.25) is 9.78 Å². The summed E-state index contributed by atoms with van der Waals surface area (Å²) in [7, 11) is 0. The number of para-hydroxylation sites is 2. The lowest BCUT2D eigenvalue weighted by Crippen LogP contribution is -2.34. The van der Waals surface area contributed by atoms with E-state index >= 15 is 0 Å². The van der Waals surface area contributed by atoms with Gasteiger partial charge in [0.25, 0.3) is 5.91 Å². The first-order valence-corrected chi connectivity index (χ1v) is 6.72. The summed E-state index contributed by atoms with van der Waals surface area (Å²) >= 11 is 0. The van der Waals surface area contributed by atoms with Crippen LogP contribution in [0.1, 0.15) is 23.3 Å². The molecule has 0 aliphatic heterocycles. The number of carbonyl (C=O) groups excluding carboxylic acids is 1. The maximum Gasteiger partial charge on any atom is 0.274 e. The zero-order valence-electron chi connectivity index (χ0n) is 11.1. The van der Waals surface area contributed by atoms with Crippen molar-refractivity contribution < 1.29 is 4.79 Å². The summed E-state index contributed by atoms with van der Waals surface area (Å²) in [6.07, 6.45) is 9.24. The molecule has 100 valence electrons. The van der Waals surface area contributed by atoms with Crippen LogP contribution in [0, 0.1) is 18.3 Å². The highest BCUT2D eigenvalue weighted by Gasteiger charge is 2.27. The molecule has 1 aliphatic carbocycles. The van der Waals surface area contributed by atoms with Crippen molar-refractivity contribution in [2.45, 2.75) is 12.8 Å². The topological polar surface area (TPSA) is 46.1 Å². The van der Waals surface area contributed by atoms with Crippen LogP contribution in [0.25, 0.3) is 11.0 Å². The highest BCUT2D eigenvalue weighted by atomic mass is 16.2. The van der Waals surface area contributed by atoms with Gasteiger partial charge in [-0.25, -0.2) is 4.98 Å². The lowest BCUT2D eigenvalue weighted by atomic mass is 10.2. The fraction of sp³-hybridized carbons (Fsp3) is 0.312. The molecule has 1 amide bonds. The predicted molar refractivity (Wildman–Crippen MR) is 77.0 cm³/mol. The van der Waals surface area contributed by atoms with Gasteiger partial charge in [0.05, 0.1) is 23.8 Å². The van der Waals surface area contributed by atoms with E-state index in [-0.39, 0.29) is 5.91 Å². The Morgan fingerprint density at radius 2 is 2.10 bits per heavy atom. The zero-order valence-corrected chi connectivity index (χ0v) is 11.1. The molecule has 4 nitrogen and oxygen atoms in total. The molecular weight excluding hydrogens is 250 g/mol. The summed E-state index contributed by atoms with van der Waals surface area (Å²) in [5.41, 5.74) is 1.87. The molecule has 20 heavy (non-hydrogen) atoms. The van der Waals surface area contributed by atoms with E-state index in [0.717, 1.165) is 17.6 Å². The van der Waals surface area contributed by atoms with E-state index in [4.69, 9.17) is 6.42 Å². The Labute approximate surface area is 117 Å². The first kappa shape index (κ1) is 12.6. The fourth-order valence-electron chi connectivity index (χ4n) is 2.16. The molecule has 3 rings (SSSR count). The number of aromatic nitrogens is 2. The van der Waals surface area contributed by atoms with Crippen molar-refractivity contribution >= 4 is 16.9 Å². The molecule has 1 fully saturated rings. The maximum absolute atomic E-state index is 12.5. The highest BCUT2D eigenvalue weighted by Crippen LogP contribution is 2.30. The molecule has 0 bridgehead atoms. The molecule has 1 aromatic carbocycles. The second-order valence-electron chi connectivity index (χ2n) is 5.08. The van der Waals surface area contributed by atoms with Gasteiger partial charge >= 0.3 is 0 Å². The lowest BCUT2D eigenvalue weighted by molar-refractivity contribution is 0.0764. The van der Waals surface area contributed by atoms with Gasteiger partial charge in [-0.15, -0.1) is 6.42 Å². The molecule has 0 saturated heterocycles. The Kier molecular flexibility index (Phi) is 3.34. The molecule has 0 N–H and O–H groups in total. The molecule has 1 saturated carbocycles. The van der Waals surface area contributed by atoms with E-state index < -0.39 is 0 Å². The van der Waals surface area contributed by atoms with Gasteiger partial charge in [-0.2, -0.15) is 0 Å². The van der Waals surface area contributed by atoms with Crippen LogP contribution in [-0.2, 0) is 0 Å². The molecule has 0 radical (unpaired) electrons. The average molecular weight is 265 g/mol. The molecular formula is C16H15N3O. The van der Waals surface area contributed by atoms with Crippen molar-refractivity contribution in [3.05, 3.63) is 36.2 Å². The van der Waals surface area contributed by atoms with E-state index in [9.17, 15) is 4.79 Å².